The van der Waals surface area contributed by atoms with Crippen LogP contribution in [0.2, 0.25) is 5.02 Å². The predicted molar refractivity (Wildman–Crippen MR) is 84.9 cm³/mol. The lowest BCUT2D eigenvalue weighted by molar-refractivity contribution is -0.116. The molecule has 0 fully saturated rings. The number of aromatic hydroxyl groups is 1. The fourth-order valence-corrected chi connectivity index (χ4v) is 2.26. The van der Waals surface area contributed by atoms with E-state index >= 15 is 0 Å². The molecule has 0 heterocycles. The van der Waals surface area contributed by atoms with E-state index in [1.807, 2.05) is 0 Å². The Morgan fingerprint density at radius 1 is 1.18 bits per heavy atom. The summed E-state index contributed by atoms with van der Waals surface area (Å²) >= 11 is 5.88. The summed E-state index contributed by atoms with van der Waals surface area (Å²) in [4.78, 5) is 25.0. The van der Waals surface area contributed by atoms with Crippen molar-refractivity contribution in [3.63, 3.8) is 0 Å². The molecule has 2 rings (SSSR count). The van der Waals surface area contributed by atoms with Crippen LogP contribution in [0.3, 0.4) is 0 Å². The van der Waals surface area contributed by atoms with Crippen molar-refractivity contribution >= 4 is 29.1 Å². The van der Waals surface area contributed by atoms with Crippen molar-refractivity contribution in [2.24, 2.45) is 5.73 Å². The lowest BCUT2D eigenvalue weighted by atomic mass is 10.1. The van der Waals surface area contributed by atoms with Gasteiger partial charge in [-0.3, -0.25) is 9.59 Å². The lowest BCUT2D eigenvalue weighted by Crippen LogP contribution is -2.30. The Hall–Kier alpha value is -2.53. The van der Waals surface area contributed by atoms with E-state index < -0.39 is 5.91 Å². The van der Waals surface area contributed by atoms with Crippen LogP contribution in [-0.2, 0) is 11.3 Å². The van der Waals surface area contributed by atoms with Gasteiger partial charge in [-0.05, 0) is 35.9 Å². The maximum Gasteiger partial charge on any atom is 0.250 e. The standard InChI is InChI=1S/C16H15ClN2O3/c1-10(20)19(9-11-2-5-13(21)6-3-11)15-7-4-12(17)8-14(15)16(18)22/h2-8,21H,9H2,1H3,(H2,18,22). The molecular weight excluding hydrogens is 304 g/mol. The van der Waals surface area contributed by atoms with E-state index in [9.17, 15) is 14.7 Å². The molecule has 0 saturated carbocycles. The Balaban J connectivity index is 2.42. The zero-order chi connectivity index (χ0) is 16.3. The summed E-state index contributed by atoms with van der Waals surface area (Å²) in [6.45, 7) is 1.65. The number of phenols is 1. The fraction of sp³-hybridized carbons (Fsp3) is 0.125. The molecular formula is C16H15ClN2O3. The third-order valence-corrected chi connectivity index (χ3v) is 3.41. The van der Waals surface area contributed by atoms with Gasteiger partial charge < -0.3 is 15.7 Å². The number of halogens is 1. The van der Waals surface area contributed by atoms with E-state index in [-0.39, 0.29) is 23.8 Å². The van der Waals surface area contributed by atoms with Crippen molar-refractivity contribution in [1.82, 2.24) is 0 Å². The quantitative estimate of drug-likeness (QED) is 0.909. The summed E-state index contributed by atoms with van der Waals surface area (Å²) < 4.78 is 0. The first-order valence-corrected chi connectivity index (χ1v) is 6.91. The third kappa shape index (κ3) is 3.56. The number of carbonyl (C=O) groups excluding carboxylic acids is 2. The van der Waals surface area contributed by atoms with Crippen LogP contribution in [-0.4, -0.2) is 16.9 Å². The summed E-state index contributed by atoms with van der Waals surface area (Å²) in [7, 11) is 0. The molecule has 2 aromatic carbocycles. The van der Waals surface area contributed by atoms with Gasteiger partial charge in [0.15, 0.2) is 0 Å². The number of anilines is 1. The number of primary amides is 1. The normalized spacial score (nSPS) is 10.3. The zero-order valence-corrected chi connectivity index (χ0v) is 12.7. The summed E-state index contributed by atoms with van der Waals surface area (Å²) in [5.74, 6) is -0.755. The van der Waals surface area contributed by atoms with E-state index in [0.717, 1.165) is 5.56 Å². The van der Waals surface area contributed by atoms with Gasteiger partial charge in [-0.2, -0.15) is 0 Å². The molecule has 2 aromatic rings. The minimum absolute atomic E-state index is 0.141. The molecule has 0 aliphatic carbocycles. The Bertz CT molecular complexity index is 714. The summed E-state index contributed by atoms with van der Waals surface area (Å²) in [5.41, 5.74) is 6.75. The molecule has 22 heavy (non-hydrogen) atoms. The smallest absolute Gasteiger partial charge is 0.250 e. The second-order valence-corrected chi connectivity index (χ2v) is 5.23. The van der Waals surface area contributed by atoms with Crippen LogP contribution in [0.15, 0.2) is 42.5 Å². The summed E-state index contributed by atoms with van der Waals surface area (Å²) in [6.07, 6.45) is 0. The first-order chi connectivity index (χ1) is 10.4. The van der Waals surface area contributed by atoms with Crippen LogP contribution in [0, 0.1) is 0 Å². The highest BCUT2D eigenvalue weighted by Crippen LogP contribution is 2.26. The first kappa shape index (κ1) is 15.9. The van der Waals surface area contributed by atoms with Gasteiger partial charge in [0.2, 0.25) is 5.91 Å². The van der Waals surface area contributed by atoms with Crippen molar-refractivity contribution in [2.75, 3.05) is 4.90 Å². The number of benzene rings is 2. The number of nitrogens with two attached hydrogens (primary N) is 1. The molecule has 0 aromatic heterocycles. The molecule has 0 atom stereocenters. The Morgan fingerprint density at radius 3 is 2.36 bits per heavy atom. The number of rotatable bonds is 4. The van der Waals surface area contributed by atoms with Gasteiger partial charge in [0.1, 0.15) is 5.75 Å². The highest BCUT2D eigenvalue weighted by molar-refractivity contribution is 6.31. The van der Waals surface area contributed by atoms with Gasteiger partial charge in [-0.1, -0.05) is 23.7 Å². The highest BCUT2D eigenvalue weighted by atomic mass is 35.5. The van der Waals surface area contributed by atoms with Crippen molar-refractivity contribution in [3.05, 3.63) is 58.6 Å². The SMILES string of the molecule is CC(=O)N(Cc1ccc(O)cc1)c1ccc(Cl)cc1C(N)=O. The predicted octanol–water partition coefficient (Wildman–Crippen LogP) is 2.70. The second kappa shape index (κ2) is 6.49. The van der Waals surface area contributed by atoms with Crippen LogP contribution >= 0.6 is 11.6 Å². The first-order valence-electron chi connectivity index (χ1n) is 6.54. The monoisotopic (exact) mass is 318 g/mol. The number of hydrogen-bond acceptors (Lipinski definition) is 3. The van der Waals surface area contributed by atoms with Gasteiger partial charge in [0, 0.05) is 11.9 Å². The zero-order valence-electron chi connectivity index (χ0n) is 11.9. The molecule has 0 unspecified atom stereocenters. The number of amides is 2. The lowest BCUT2D eigenvalue weighted by Gasteiger charge is -2.23. The van der Waals surface area contributed by atoms with Crippen molar-refractivity contribution in [3.8, 4) is 5.75 Å². The molecule has 0 saturated heterocycles. The third-order valence-electron chi connectivity index (χ3n) is 3.17. The maximum atomic E-state index is 12.0. The van der Waals surface area contributed by atoms with Crippen molar-refractivity contribution < 1.29 is 14.7 Å². The van der Waals surface area contributed by atoms with Gasteiger partial charge in [-0.25, -0.2) is 0 Å². The Labute approximate surface area is 132 Å². The Morgan fingerprint density at radius 2 is 1.82 bits per heavy atom. The van der Waals surface area contributed by atoms with Crippen molar-refractivity contribution in [2.45, 2.75) is 13.5 Å². The van der Waals surface area contributed by atoms with Gasteiger partial charge >= 0.3 is 0 Å². The average Bonchev–Trinajstić information content (AvgIpc) is 2.46. The molecule has 6 heteroatoms. The van der Waals surface area contributed by atoms with Crippen LogP contribution in [0.5, 0.6) is 5.75 Å². The van der Waals surface area contributed by atoms with Crippen LogP contribution < -0.4 is 10.6 Å². The highest BCUT2D eigenvalue weighted by Gasteiger charge is 2.19. The van der Waals surface area contributed by atoms with Crippen LogP contribution in [0.25, 0.3) is 0 Å². The largest absolute Gasteiger partial charge is 0.508 e. The fourth-order valence-electron chi connectivity index (χ4n) is 2.09. The number of phenolic OH excluding ortho intramolecular Hbond substituents is 1. The molecule has 0 spiro atoms. The molecule has 5 nitrogen and oxygen atoms in total. The van der Waals surface area contributed by atoms with Crippen molar-refractivity contribution in [1.29, 1.82) is 0 Å². The van der Waals surface area contributed by atoms with E-state index in [0.29, 0.717) is 10.7 Å². The summed E-state index contributed by atoms with van der Waals surface area (Å²) in [6, 6.07) is 11.1. The minimum atomic E-state index is -0.658. The number of nitrogens with zero attached hydrogens (tertiary/aromatic N) is 1. The maximum absolute atomic E-state index is 12.0. The number of hydrogen-bond donors (Lipinski definition) is 2. The van der Waals surface area contributed by atoms with E-state index in [1.165, 1.54) is 30.0 Å². The van der Waals surface area contributed by atoms with Gasteiger partial charge in [-0.15, -0.1) is 0 Å². The number of carbonyl (C=O) groups is 2. The second-order valence-electron chi connectivity index (χ2n) is 4.80. The van der Waals surface area contributed by atoms with E-state index in [4.69, 9.17) is 17.3 Å². The van der Waals surface area contributed by atoms with E-state index in [2.05, 4.69) is 0 Å². The minimum Gasteiger partial charge on any atom is -0.508 e. The topological polar surface area (TPSA) is 83.6 Å². The van der Waals surface area contributed by atoms with Crippen LogP contribution in [0.1, 0.15) is 22.8 Å². The Kier molecular flexibility index (Phi) is 4.68. The van der Waals surface area contributed by atoms with Gasteiger partial charge in [0.05, 0.1) is 17.8 Å². The summed E-state index contributed by atoms with van der Waals surface area (Å²) in [5, 5.41) is 9.67. The average molecular weight is 319 g/mol. The molecule has 0 aliphatic rings. The molecule has 0 bridgehead atoms. The molecule has 0 radical (unpaired) electrons. The van der Waals surface area contributed by atoms with E-state index in [1.54, 1.807) is 24.3 Å². The van der Waals surface area contributed by atoms with Gasteiger partial charge in [0.25, 0.3) is 5.91 Å². The molecule has 0 aliphatic heterocycles. The molecule has 3 N–H and O–H groups in total. The van der Waals surface area contributed by atoms with Crippen LogP contribution in [0.4, 0.5) is 5.69 Å². The molecule has 2 amide bonds. The molecule has 114 valence electrons.